The zero-order valence-electron chi connectivity index (χ0n) is 7.12. The Morgan fingerprint density at radius 1 is 1.64 bits per heavy atom. The van der Waals surface area contributed by atoms with Crippen molar-refractivity contribution in [3.8, 4) is 0 Å². The smallest absolute Gasteiger partial charge is 0.209 e. The van der Waals surface area contributed by atoms with E-state index < -0.39 is 0 Å². The Labute approximate surface area is 67.3 Å². The van der Waals surface area contributed by atoms with E-state index >= 15 is 0 Å². The van der Waals surface area contributed by atoms with E-state index in [1.807, 2.05) is 0 Å². The van der Waals surface area contributed by atoms with Gasteiger partial charge in [-0.2, -0.15) is 0 Å². The predicted molar refractivity (Wildman–Crippen MR) is 42.2 cm³/mol. The molecule has 1 aliphatic rings. The quantitative estimate of drug-likeness (QED) is 0.546. The molecule has 1 amide bonds. The van der Waals surface area contributed by atoms with Gasteiger partial charge in [-0.1, -0.05) is 6.92 Å². The first-order chi connectivity index (χ1) is 5.27. The SMILES string of the molecule is COC1CN(C=O)CCC1C. The van der Waals surface area contributed by atoms with E-state index in [1.165, 1.54) is 0 Å². The molecule has 11 heavy (non-hydrogen) atoms. The highest BCUT2D eigenvalue weighted by atomic mass is 16.5. The zero-order valence-corrected chi connectivity index (χ0v) is 7.12. The largest absolute Gasteiger partial charge is 0.379 e. The lowest BCUT2D eigenvalue weighted by Gasteiger charge is -2.33. The van der Waals surface area contributed by atoms with Gasteiger partial charge in [0.2, 0.25) is 6.41 Å². The molecule has 1 rings (SSSR count). The molecule has 0 spiro atoms. The molecule has 1 aliphatic heterocycles. The van der Waals surface area contributed by atoms with Crippen molar-refractivity contribution in [2.45, 2.75) is 19.4 Å². The van der Waals surface area contributed by atoms with Crippen LogP contribution in [-0.2, 0) is 9.53 Å². The Kier molecular flexibility index (Phi) is 2.88. The summed E-state index contributed by atoms with van der Waals surface area (Å²) in [5.41, 5.74) is 0. The summed E-state index contributed by atoms with van der Waals surface area (Å²) >= 11 is 0. The summed E-state index contributed by atoms with van der Waals surface area (Å²) in [7, 11) is 1.70. The van der Waals surface area contributed by atoms with Gasteiger partial charge >= 0.3 is 0 Å². The van der Waals surface area contributed by atoms with E-state index in [2.05, 4.69) is 6.92 Å². The molecule has 64 valence electrons. The van der Waals surface area contributed by atoms with Gasteiger partial charge < -0.3 is 9.64 Å². The summed E-state index contributed by atoms with van der Waals surface area (Å²) in [6, 6.07) is 0. The molecule has 2 unspecified atom stereocenters. The maximum atomic E-state index is 10.4. The fourth-order valence-corrected chi connectivity index (χ4v) is 1.46. The lowest BCUT2D eigenvalue weighted by Crippen LogP contribution is -2.42. The Morgan fingerprint density at radius 3 is 2.91 bits per heavy atom. The first-order valence-electron chi connectivity index (χ1n) is 4.00. The number of piperidine rings is 1. The van der Waals surface area contributed by atoms with Crippen molar-refractivity contribution >= 4 is 6.41 Å². The number of carbonyl (C=O) groups is 1. The second kappa shape index (κ2) is 3.72. The second-order valence-corrected chi connectivity index (χ2v) is 3.14. The summed E-state index contributed by atoms with van der Waals surface area (Å²) in [5, 5.41) is 0. The van der Waals surface area contributed by atoms with Gasteiger partial charge in [0.15, 0.2) is 0 Å². The highest BCUT2D eigenvalue weighted by Crippen LogP contribution is 2.17. The van der Waals surface area contributed by atoms with E-state index in [9.17, 15) is 4.79 Å². The normalized spacial score (nSPS) is 32.0. The summed E-state index contributed by atoms with van der Waals surface area (Å²) < 4.78 is 5.23. The molecule has 0 N–H and O–H groups in total. The molecule has 1 heterocycles. The molecule has 2 atom stereocenters. The molecule has 1 fully saturated rings. The summed E-state index contributed by atoms with van der Waals surface area (Å²) in [6.07, 6.45) is 2.18. The third kappa shape index (κ3) is 1.93. The number of hydrogen-bond donors (Lipinski definition) is 0. The molecule has 0 aliphatic carbocycles. The Hall–Kier alpha value is -0.570. The number of amides is 1. The van der Waals surface area contributed by atoms with Crippen LogP contribution >= 0.6 is 0 Å². The van der Waals surface area contributed by atoms with Crippen molar-refractivity contribution in [1.29, 1.82) is 0 Å². The Bertz CT molecular complexity index is 138. The third-order valence-corrected chi connectivity index (χ3v) is 2.37. The molecule has 3 heteroatoms. The maximum Gasteiger partial charge on any atom is 0.209 e. The lowest BCUT2D eigenvalue weighted by atomic mass is 9.96. The number of rotatable bonds is 2. The average Bonchev–Trinajstić information content (AvgIpc) is 2.05. The lowest BCUT2D eigenvalue weighted by molar-refractivity contribution is -0.122. The highest BCUT2D eigenvalue weighted by Gasteiger charge is 2.24. The van der Waals surface area contributed by atoms with Gasteiger partial charge in [0.1, 0.15) is 0 Å². The van der Waals surface area contributed by atoms with Crippen LogP contribution in [-0.4, -0.2) is 37.6 Å². The molecule has 0 aromatic rings. The van der Waals surface area contributed by atoms with Crippen molar-refractivity contribution in [1.82, 2.24) is 4.90 Å². The average molecular weight is 157 g/mol. The first kappa shape index (κ1) is 8.53. The van der Waals surface area contributed by atoms with E-state index in [1.54, 1.807) is 12.0 Å². The van der Waals surface area contributed by atoms with Crippen molar-refractivity contribution in [3.05, 3.63) is 0 Å². The van der Waals surface area contributed by atoms with Crippen molar-refractivity contribution < 1.29 is 9.53 Å². The molecule has 0 aromatic carbocycles. The van der Waals surface area contributed by atoms with Crippen LogP contribution in [0.25, 0.3) is 0 Å². The van der Waals surface area contributed by atoms with E-state index in [-0.39, 0.29) is 6.10 Å². The summed E-state index contributed by atoms with van der Waals surface area (Å²) in [5.74, 6) is 0.580. The maximum absolute atomic E-state index is 10.4. The van der Waals surface area contributed by atoms with Crippen LogP contribution in [0.1, 0.15) is 13.3 Å². The van der Waals surface area contributed by atoms with Crippen LogP contribution < -0.4 is 0 Å². The van der Waals surface area contributed by atoms with Crippen molar-refractivity contribution in [3.63, 3.8) is 0 Å². The van der Waals surface area contributed by atoms with E-state index in [4.69, 9.17) is 4.74 Å². The van der Waals surface area contributed by atoms with E-state index in [0.717, 1.165) is 25.9 Å². The number of nitrogens with zero attached hydrogens (tertiary/aromatic N) is 1. The molecule has 3 nitrogen and oxygen atoms in total. The Morgan fingerprint density at radius 2 is 2.36 bits per heavy atom. The van der Waals surface area contributed by atoms with Gasteiger partial charge in [-0.15, -0.1) is 0 Å². The predicted octanol–water partition coefficient (Wildman–Crippen LogP) is 0.500. The van der Waals surface area contributed by atoms with Crippen molar-refractivity contribution in [2.24, 2.45) is 5.92 Å². The van der Waals surface area contributed by atoms with Crippen LogP contribution in [0.3, 0.4) is 0 Å². The molecule has 0 saturated carbocycles. The van der Waals surface area contributed by atoms with Gasteiger partial charge in [-0.3, -0.25) is 4.79 Å². The van der Waals surface area contributed by atoms with Crippen LogP contribution in [0.5, 0.6) is 0 Å². The standard InChI is InChI=1S/C8H15NO2/c1-7-3-4-9(6-10)5-8(7)11-2/h6-8H,3-5H2,1-2H3. The summed E-state index contributed by atoms with van der Waals surface area (Å²) in [6.45, 7) is 3.79. The number of hydrogen-bond acceptors (Lipinski definition) is 2. The summed E-state index contributed by atoms with van der Waals surface area (Å²) in [4.78, 5) is 12.2. The van der Waals surface area contributed by atoms with Crippen LogP contribution in [0, 0.1) is 5.92 Å². The van der Waals surface area contributed by atoms with E-state index in [0.29, 0.717) is 5.92 Å². The van der Waals surface area contributed by atoms with Gasteiger partial charge in [0.05, 0.1) is 6.10 Å². The monoisotopic (exact) mass is 157 g/mol. The highest BCUT2D eigenvalue weighted by molar-refractivity contribution is 5.47. The number of ether oxygens (including phenoxy) is 1. The molecule has 0 aromatic heterocycles. The van der Waals surface area contributed by atoms with Crippen molar-refractivity contribution in [2.75, 3.05) is 20.2 Å². The molecular weight excluding hydrogens is 142 g/mol. The number of carbonyl (C=O) groups excluding carboxylic acids is 1. The molecule has 0 bridgehead atoms. The van der Waals surface area contributed by atoms with Gasteiger partial charge in [-0.25, -0.2) is 0 Å². The minimum absolute atomic E-state index is 0.231. The second-order valence-electron chi connectivity index (χ2n) is 3.14. The third-order valence-electron chi connectivity index (χ3n) is 2.37. The van der Waals surface area contributed by atoms with Crippen LogP contribution in [0.2, 0.25) is 0 Å². The fraction of sp³-hybridized carbons (Fsp3) is 0.875. The fourth-order valence-electron chi connectivity index (χ4n) is 1.46. The first-order valence-corrected chi connectivity index (χ1v) is 4.00. The Balaban J connectivity index is 2.43. The topological polar surface area (TPSA) is 29.5 Å². The zero-order chi connectivity index (χ0) is 8.27. The molecular formula is C8H15NO2. The van der Waals surface area contributed by atoms with Crippen LogP contribution in [0.15, 0.2) is 0 Å². The number of methoxy groups -OCH3 is 1. The molecule has 1 saturated heterocycles. The van der Waals surface area contributed by atoms with Gasteiger partial charge in [0.25, 0.3) is 0 Å². The number of likely N-dealkylation sites (tertiary alicyclic amines) is 1. The minimum atomic E-state index is 0.231. The molecule has 0 radical (unpaired) electrons. The minimum Gasteiger partial charge on any atom is -0.379 e. The van der Waals surface area contributed by atoms with Gasteiger partial charge in [0, 0.05) is 20.2 Å². The van der Waals surface area contributed by atoms with Crippen LogP contribution in [0.4, 0.5) is 0 Å². The van der Waals surface area contributed by atoms with Gasteiger partial charge in [-0.05, 0) is 12.3 Å².